The molecule has 0 unspecified atom stereocenters. The zero-order valence-electron chi connectivity index (χ0n) is 11.3. The van der Waals surface area contributed by atoms with Crippen LogP contribution >= 0.6 is 27.5 Å². The van der Waals surface area contributed by atoms with Gasteiger partial charge in [-0.2, -0.15) is 5.10 Å². The number of benzene rings is 2. The van der Waals surface area contributed by atoms with Crippen LogP contribution in [0, 0.1) is 6.92 Å². The van der Waals surface area contributed by atoms with Crippen LogP contribution in [0.15, 0.2) is 46.9 Å². The fourth-order valence-electron chi connectivity index (χ4n) is 2.37. The highest BCUT2D eigenvalue weighted by Gasteiger charge is 2.16. The maximum absolute atomic E-state index is 6.05. The summed E-state index contributed by atoms with van der Waals surface area (Å²) in [6.45, 7) is 2.02. The number of aryl methyl sites for hydroxylation is 1. The van der Waals surface area contributed by atoms with E-state index in [2.05, 4.69) is 26.1 Å². The predicted molar refractivity (Wildman–Crippen MR) is 91.3 cm³/mol. The highest BCUT2D eigenvalue weighted by molar-refractivity contribution is 9.10. The molecule has 3 N–H and O–H groups in total. The first-order chi connectivity index (χ1) is 10.1. The molecule has 0 fully saturated rings. The first-order valence-corrected chi connectivity index (χ1v) is 7.59. The third-order valence-electron chi connectivity index (χ3n) is 3.38. The number of nitrogen functional groups attached to an aromatic ring is 1. The van der Waals surface area contributed by atoms with Crippen LogP contribution in [0.25, 0.3) is 22.4 Å². The molecule has 1 heterocycles. The molecule has 2 aromatic carbocycles. The summed E-state index contributed by atoms with van der Waals surface area (Å²) in [6, 6.07) is 13.8. The summed E-state index contributed by atoms with van der Waals surface area (Å²) in [5.41, 5.74) is 11.0. The van der Waals surface area contributed by atoms with Gasteiger partial charge in [0.2, 0.25) is 0 Å². The van der Waals surface area contributed by atoms with E-state index in [4.69, 9.17) is 17.3 Å². The second kappa shape index (κ2) is 5.54. The number of rotatable bonds is 2. The van der Waals surface area contributed by atoms with Gasteiger partial charge in [-0.1, -0.05) is 45.7 Å². The highest BCUT2D eigenvalue weighted by atomic mass is 79.9. The quantitative estimate of drug-likeness (QED) is 0.670. The van der Waals surface area contributed by atoms with Crippen molar-refractivity contribution in [1.82, 2.24) is 10.2 Å². The first kappa shape index (κ1) is 14.2. The van der Waals surface area contributed by atoms with Gasteiger partial charge in [0, 0.05) is 15.1 Å². The molecule has 0 aliphatic rings. The summed E-state index contributed by atoms with van der Waals surface area (Å²) in [5, 5.41) is 7.91. The van der Waals surface area contributed by atoms with Gasteiger partial charge in [-0.25, -0.2) is 0 Å². The minimum atomic E-state index is 0.488. The van der Waals surface area contributed by atoms with Crippen LogP contribution in [-0.4, -0.2) is 10.2 Å². The van der Waals surface area contributed by atoms with E-state index >= 15 is 0 Å². The lowest BCUT2D eigenvalue weighted by atomic mass is 9.98. The Morgan fingerprint density at radius 1 is 1.14 bits per heavy atom. The number of anilines is 1. The van der Waals surface area contributed by atoms with Crippen LogP contribution in [0.4, 0.5) is 5.82 Å². The van der Waals surface area contributed by atoms with Crippen molar-refractivity contribution in [2.75, 3.05) is 5.73 Å². The lowest BCUT2D eigenvalue weighted by Crippen LogP contribution is -1.90. The SMILES string of the molecule is Cc1cc(Cl)ccc1-c1[nH]nc(N)c1-c1ccc(Br)cc1. The van der Waals surface area contributed by atoms with Crippen LogP contribution < -0.4 is 5.73 Å². The molecule has 0 saturated carbocycles. The van der Waals surface area contributed by atoms with Crippen LogP contribution in [0.2, 0.25) is 5.02 Å². The highest BCUT2D eigenvalue weighted by Crippen LogP contribution is 2.37. The molecule has 1 aromatic heterocycles. The summed E-state index contributed by atoms with van der Waals surface area (Å²) < 4.78 is 1.03. The van der Waals surface area contributed by atoms with Gasteiger partial charge in [0.25, 0.3) is 0 Å². The predicted octanol–water partition coefficient (Wildman–Crippen LogP) is 5.05. The molecule has 0 amide bonds. The Morgan fingerprint density at radius 3 is 2.52 bits per heavy atom. The molecule has 0 bridgehead atoms. The second-order valence-electron chi connectivity index (χ2n) is 4.82. The molecule has 0 aliphatic heterocycles. The van der Waals surface area contributed by atoms with Gasteiger partial charge >= 0.3 is 0 Å². The van der Waals surface area contributed by atoms with E-state index in [1.165, 1.54) is 0 Å². The van der Waals surface area contributed by atoms with E-state index in [9.17, 15) is 0 Å². The Balaban J connectivity index is 2.19. The number of H-pyrrole nitrogens is 1. The average Bonchev–Trinajstić information content (AvgIpc) is 2.82. The molecule has 3 nitrogen and oxygen atoms in total. The number of aromatic amines is 1. The zero-order chi connectivity index (χ0) is 15.0. The maximum atomic E-state index is 6.05. The Kier molecular flexibility index (Phi) is 3.74. The standard InChI is InChI=1S/C16H13BrClN3/c1-9-8-12(18)6-7-13(9)15-14(16(19)21-20-15)10-2-4-11(17)5-3-10/h2-8H,1H3,(H3,19,20,21). The number of aromatic nitrogens is 2. The van der Waals surface area contributed by atoms with Crippen molar-refractivity contribution in [1.29, 1.82) is 0 Å². The number of hydrogen-bond acceptors (Lipinski definition) is 2. The van der Waals surface area contributed by atoms with E-state index in [0.29, 0.717) is 10.8 Å². The number of nitrogens with zero attached hydrogens (tertiary/aromatic N) is 1. The minimum Gasteiger partial charge on any atom is -0.382 e. The van der Waals surface area contributed by atoms with Gasteiger partial charge in [0.1, 0.15) is 0 Å². The molecule has 0 atom stereocenters. The van der Waals surface area contributed by atoms with Crippen molar-refractivity contribution < 1.29 is 0 Å². The van der Waals surface area contributed by atoms with E-state index < -0.39 is 0 Å². The number of nitrogens with two attached hydrogens (primary N) is 1. The molecule has 0 radical (unpaired) electrons. The summed E-state index contributed by atoms with van der Waals surface area (Å²) in [4.78, 5) is 0. The molecule has 3 aromatic rings. The van der Waals surface area contributed by atoms with Gasteiger partial charge in [-0.15, -0.1) is 0 Å². The molecular formula is C16H13BrClN3. The molecule has 106 valence electrons. The largest absolute Gasteiger partial charge is 0.382 e. The third-order valence-corrected chi connectivity index (χ3v) is 4.15. The van der Waals surface area contributed by atoms with E-state index in [-0.39, 0.29) is 0 Å². The number of hydrogen-bond donors (Lipinski definition) is 2. The van der Waals surface area contributed by atoms with Gasteiger partial charge in [0.15, 0.2) is 5.82 Å². The summed E-state index contributed by atoms with van der Waals surface area (Å²) in [7, 11) is 0. The normalized spacial score (nSPS) is 10.8. The Bertz CT molecular complexity index is 794. The first-order valence-electron chi connectivity index (χ1n) is 6.42. The lowest BCUT2D eigenvalue weighted by Gasteiger charge is -2.08. The van der Waals surface area contributed by atoms with Gasteiger partial charge in [0.05, 0.1) is 11.3 Å². The van der Waals surface area contributed by atoms with Gasteiger partial charge in [-0.3, -0.25) is 5.10 Å². The van der Waals surface area contributed by atoms with Crippen LogP contribution in [0.5, 0.6) is 0 Å². The Hall–Kier alpha value is -1.78. The molecule has 0 saturated heterocycles. The molecule has 21 heavy (non-hydrogen) atoms. The maximum Gasteiger partial charge on any atom is 0.153 e. The molecule has 5 heteroatoms. The summed E-state index contributed by atoms with van der Waals surface area (Å²) in [5.74, 6) is 0.488. The molecular weight excluding hydrogens is 350 g/mol. The fourth-order valence-corrected chi connectivity index (χ4v) is 2.86. The number of nitrogens with one attached hydrogen (secondary N) is 1. The fraction of sp³-hybridized carbons (Fsp3) is 0.0625. The van der Waals surface area contributed by atoms with Crippen LogP contribution in [0.1, 0.15) is 5.56 Å². The van der Waals surface area contributed by atoms with E-state index in [1.807, 2.05) is 49.4 Å². The zero-order valence-corrected chi connectivity index (χ0v) is 13.7. The third kappa shape index (κ3) is 2.69. The van der Waals surface area contributed by atoms with Crippen molar-refractivity contribution in [2.45, 2.75) is 6.92 Å². The molecule has 0 spiro atoms. The van der Waals surface area contributed by atoms with E-state index in [1.54, 1.807) is 0 Å². The van der Waals surface area contributed by atoms with Crippen LogP contribution in [0.3, 0.4) is 0 Å². The topological polar surface area (TPSA) is 54.7 Å². The number of halogens is 2. The average molecular weight is 363 g/mol. The van der Waals surface area contributed by atoms with Crippen molar-refractivity contribution in [3.8, 4) is 22.4 Å². The van der Waals surface area contributed by atoms with Crippen molar-refractivity contribution >= 4 is 33.3 Å². The Labute approximate surface area is 136 Å². The summed E-state index contributed by atoms with van der Waals surface area (Å²) in [6.07, 6.45) is 0. The second-order valence-corrected chi connectivity index (χ2v) is 6.18. The molecule has 3 rings (SSSR count). The van der Waals surface area contributed by atoms with Crippen molar-refractivity contribution in [3.63, 3.8) is 0 Å². The molecule has 0 aliphatic carbocycles. The smallest absolute Gasteiger partial charge is 0.153 e. The van der Waals surface area contributed by atoms with Crippen LogP contribution in [-0.2, 0) is 0 Å². The van der Waals surface area contributed by atoms with Crippen molar-refractivity contribution in [3.05, 3.63) is 57.5 Å². The monoisotopic (exact) mass is 361 g/mol. The van der Waals surface area contributed by atoms with Gasteiger partial charge < -0.3 is 5.73 Å². The van der Waals surface area contributed by atoms with Gasteiger partial charge in [-0.05, 0) is 42.3 Å². The van der Waals surface area contributed by atoms with Crippen molar-refractivity contribution in [2.24, 2.45) is 0 Å². The lowest BCUT2D eigenvalue weighted by molar-refractivity contribution is 1.10. The van der Waals surface area contributed by atoms with E-state index in [0.717, 1.165) is 32.4 Å². The summed E-state index contributed by atoms with van der Waals surface area (Å²) >= 11 is 9.47. The Morgan fingerprint density at radius 2 is 1.86 bits per heavy atom. The minimum absolute atomic E-state index is 0.488.